The van der Waals surface area contributed by atoms with Crippen molar-refractivity contribution in [1.29, 1.82) is 0 Å². The van der Waals surface area contributed by atoms with E-state index < -0.39 is 0 Å². The van der Waals surface area contributed by atoms with Gasteiger partial charge in [-0.2, -0.15) is 5.10 Å². The van der Waals surface area contributed by atoms with E-state index >= 15 is 0 Å². The molecular formula is C22H22ClN3O2. The highest BCUT2D eigenvalue weighted by atomic mass is 35.5. The van der Waals surface area contributed by atoms with Crippen LogP contribution < -0.4 is 9.64 Å². The maximum Gasteiger partial charge on any atom is 0.258 e. The molecule has 5 nitrogen and oxygen atoms in total. The molecule has 1 amide bonds. The van der Waals surface area contributed by atoms with Gasteiger partial charge in [0.25, 0.3) is 5.91 Å². The van der Waals surface area contributed by atoms with Gasteiger partial charge in [0.15, 0.2) is 0 Å². The fraction of sp³-hybridized carbons (Fsp3) is 0.273. The zero-order chi connectivity index (χ0) is 19.8. The zero-order valence-corrected chi connectivity index (χ0v) is 17.0. The predicted octanol–water partition coefficient (Wildman–Crippen LogP) is 4.74. The molecule has 0 spiro atoms. The molecule has 6 heteroatoms. The van der Waals surface area contributed by atoms with Crippen molar-refractivity contribution in [3.8, 4) is 11.4 Å². The Labute approximate surface area is 169 Å². The summed E-state index contributed by atoms with van der Waals surface area (Å²) in [7, 11) is 1.64. The number of hydrogen-bond acceptors (Lipinski definition) is 3. The summed E-state index contributed by atoms with van der Waals surface area (Å²) in [6.45, 7) is 4.49. The number of para-hydroxylation sites is 1. The molecule has 1 aromatic heterocycles. The minimum absolute atomic E-state index is 0.0246. The van der Waals surface area contributed by atoms with Crippen molar-refractivity contribution in [2.24, 2.45) is 0 Å². The second-order valence-electron chi connectivity index (χ2n) is 6.97. The molecule has 0 N–H and O–H groups in total. The molecule has 0 atom stereocenters. The van der Waals surface area contributed by atoms with Gasteiger partial charge in [-0.1, -0.05) is 23.7 Å². The van der Waals surface area contributed by atoms with Gasteiger partial charge >= 0.3 is 0 Å². The molecule has 1 aliphatic heterocycles. The number of ether oxygens (including phenoxy) is 1. The average Bonchev–Trinajstić information content (AvgIpc) is 2.99. The summed E-state index contributed by atoms with van der Waals surface area (Å²) in [5.41, 5.74) is 5.21. The number of nitrogens with zero attached hydrogens (tertiary/aromatic N) is 3. The van der Waals surface area contributed by atoms with E-state index in [1.165, 1.54) is 0 Å². The minimum atomic E-state index is -0.0246. The van der Waals surface area contributed by atoms with E-state index in [0.29, 0.717) is 17.1 Å². The average molecular weight is 396 g/mol. The van der Waals surface area contributed by atoms with Crippen LogP contribution in [0.15, 0.2) is 42.5 Å². The zero-order valence-electron chi connectivity index (χ0n) is 16.2. The summed E-state index contributed by atoms with van der Waals surface area (Å²) in [5, 5.41) is 5.13. The topological polar surface area (TPSA) is 47.4 Å². The Balaban J connectivity index is 1.66. The molecule has 2 aromatic carbocycles. The molecule has 28 heavy (non-hydrogen) atoms. The van der Waals surface area contributed by atoms with Crippen molar-refractivity contribution in [2.45, 2.75) is 26.7 Å². The molecule has 0 aliphatic carbocycles. The predicted molar refractivity (Wildman–Crippen MR) is 111 cm³/mol. The Kier molecular flexibility index (Phi) is 4.85. The van der Waals surface area contributed by atoms with E-state index in [2.05, 4.69) is 11.2 Å². The van der Waals surface area contributed by atoms with E-state index in [4.69, 9.17) is 16.3 Å². The third-order valence-electron chi connectivity index (χ3n) is 5.21. The molecule has 1 aliphatic rings. The molecule has 0 radical (unpaired) electrons. The van der Waals surface area contributed by atoms with Crippen molar-refractivity contribution in [1.82, 2.24) is 9.78 Å². The standard InChI is InChI=1S/C22H22ClN3O2/c1-14-20(23)15(2)26(24-14)18-11-9-17(10-12-18)22(27)25-13-5-7-16-6-4-8-19(28-3)21(16)25/h4,6,8-12H,5,7,13H2,1-3H3. The summed E-state index contributed by atoms with van der Waals surface area (Å²) in [4.78, 5) is 15.1. The number of carbonyl (C=O) groups is 1. The van der Waals surface area contributed by atoms with Crippen molar-refractivity contribution in [3.63, 3.8) is 0 Å². The lowest BCUT2D eigenvalue weighted by Crippen LogP contribution is -2.35. The van der Waals surface area contributed by atoms with E-state index in [0.717, 1.165) is 46.9 Å². The maximum atomic E-state index is 13.2. The van der Waals surface area contributed by atoms with Gasteiger partial charge in [-0.05, 0) is 62.6 Å². The van der Waals surface area contributed by atoms with Gasteiger partial charge in [-0.25, -0.2) is 4.68 Å². The first-order chi connectivity index (χ1) is 13.5. The molecule has 2 heterocycles. The molecule has 144 valence electrons. The molecule has 0 bridgehead atoms. The third kappa shape index (κ3) is 3.06. The first-order valence-corrected chi connectivity index (χ1v) is 9.69. The van der Waals surface area contributed by atoms with Crippen LogP contribution in [-0.4, -0.2) is 29.3 Å². The molecule has 0 unspecified atom stereocenters. The number of methoxy groups -OCH3 is 1. The lowest BCUT2D eigenvalue weighted by Gasteiger charge is -2.31. The summed E-state index contributed by atoms with van der Waals surface area (Å²) >= 11 is 6.25. The molecule has 4 rings (SSSR count). The van der Waals surface area contributed by atoms with Crippen molar-refractivity contribution in [2.75, 3.05) is 18.6 Å². The summed E-state index contributed by atoms with van der Waals surface area (Å²) < 4.78 is 7.31. The number of amides is 1. The van der Waals surface area contributed by atoms with Crippen LogP contribution in [0.1, 0.15) is 33.7 Å². The van der Waals surface area contributed by atoms with Crippen LogP contribution in [0.25, 0.3) is 5.69 Å². The molecule has 0 saturated heterocycles. The van der Waals surface area contributed by atoms with E-state index in [9.17, 15) is 4.79 Å². The van der Waals surface area contributed by atoms with Crippen LogP contribution in [0.3, 0.4) is 0 Å². The Hall–Kier alpha value is -2.79. The normalized spacial score (nSPS) is 13.4. The Morgan fingerprint density at radius 3 is 2.54 bits per heavy atom. The van der Waals surface area contributed by atoms with E-state index in [-0.39, 0.29) is 5.91 Å². The second kappa shape index (κ2) is 7.32. The molecular weight excluding hydrogens is 374 g/mol. The third-order valence-corrected chi connectivity index (χ3v) is 5.75. The monoisotopic (exact) mass is 395 g/mol. The number of fused-ring (bicyclic) bond motifs is 1. The summed E-state index contributed by atoms with van der Waals surface area (Å²) in [5.74, 6) is 0.711. The number of hydrogen-bond donors (Lipinski definition) is 0. The van der Waals surface area contributed by atoms with Crippen molar-refractivity contribution >= 4 is 23.2 Å². The highest BCUT2D eigenvalue weighted by Crippen LogP contribution is 2.37. The lowest BCUT2D eigenvalue weighted by atomic mass is 10.00. The van der Waals surface area contributed by atoms with Crippen molar-refractivity contribution in [3.05, 3.63) is 70.0 Å². The van der Waals surface area contributed by atoms with Gasteiger partial charge < -0.3 is 9.64 Å². The molecule has 0 saturated carbocycles. The second-order valence-corrected chi connectivity index (χ2v) is 7.35. The summed E-state index contributed by atoms with van der Waals surface area (Å²) in [6.07, 6.45) is 1.89. The van der Waals surface area contributed by atoms with Gasteiger partial charge in [0, 0.05) is 12.1 Å². The fourth-order valence-electron chi connectivity index (χ4n) is 3.76. The Morgan fingerprint density at radius 1 is 1.14 bits per heavy atom. The van der Waals surface area contributed by atoms with E-state index in [1.54, 1.807) is 11.8 Å². The Morgan fingerprint density at radius 2 is 1.89 bits per heavy atom. The van der Waals surface area contributed by atoms with Gasteiger partial charge in [0.2, 0.25) is 0 Å². The highest BCUT2D eigenvalue weighted by Gasteiger charge is 2.26. The van der Waals surface area contributed by atoms with Crippen LogP contribution >= 0.6 is 11.6 Å². The number of carbonyl (C=O) groups excluding carboxylic acids is 1. The van der Waals surface area contributed by atoms with Gasteiger partial charge in [0.1, 0.15) is 5.75 Å². The number of benzene rings is 2. The fourth-order valence-corrected chi connectivity index (χ4v) is 3.88. The SMILES string of the molecule is COc1cccc2c1N(C(=O)c1ccc(-n3nc(C)c(Cl)c3C)cc1)CCC2. The highest BCUT2D eigenvalue weighted by molar-refractivity contribution is 6.31. The van der Waals surface area contributed by atoms with Gasteiger partial charge in [-0.3, -0.25) is 4.79 Å². The van der Waals surface area contributed by atoms with E-state index in [1.807, 2.05) is 55.1 Å². The van der Waals surface area contributed by atoms with Gasteiger partial charge in [-0.15, -0.1) is 0 Å². The largest absolute Gasteiger partial charge is 0.495 e. The van der Waals surface area contributed by atoms with Crippen molar-refractivity contribution < 1.29 is 9.53 Å². The molecule has 3 aromatic rings. The number of rotatable bonds is 3. The van der Waals surface area contributed by atoms with Crippen LogP contribution in [0.4, 0.5) is 5.69 Å². The van der Waals surface area contributed by atoms with Crippen LogP contribution in [-0.2, 0) is 6.42 Å². The van der Waals surface area contributed by atoms with Crippen LogP contribution in [0.5, 0.6) is 5.75 Å². The smallest absolute Gasteiger partial charge is 0.258 e. The number of aromatic nitrogens is 2. The molecule has 0 fully saturated rings. The number of halogens is 1. The number of anilines is 1. The first kappa shape index (κ1) is 18.6. The minimum Gasteiger partial charge on any atom is -0.495 e. The van der Waals surface area contributed by atoms with Crippen LogP contribution in [0, 0.1) is 13.8 Å². The quantitative estimate of drug-likeness (QED) is 0.643. The summed E-state index contributed by atoms with van der Waals surface area (Å²) in [6, 6.07) is 13.4. The first-order valence-electron chi connectivity index (χ1n) is 9.31. The van der Waals surface area contributed by atoms with Crippen LogP contribution in [0.2, 0.25) is 5.02 Å². The lowest BCUT2D eigenvalue weighted by molar-refractivity contribution is 0.0984. The van der Waals surface area contributed by atoms with Gasteiger partial charge in [0.05, 0.1) is 34.9 Å². The number of aryl methyl sites for hydroxylation is 2. The maximum absolute atomic E-state index is 13.2. The Bertz CT molecular complexity index is 1030.